The normalized spacial score (nSPS) is 24.6. The number of carbonyl (C=O) groups excluding carboxylic acids is 2. The number of epoxide rings is 1. The Bertz CT molecular complexity index is 1140. The summed E-state index contributed by atoms with van der Waals surface area (Å²) in [4.78, 5) is 24.8. The number of nitrogens with two attached hydrogens (primary N) is 1. The number of rotatable bonds is 9. The zero-order valence-corrected chi connectivity index (χ0v) is 20.6. The van der Waals surface area contributed by atoms with Crippen LogP contribution in [-0.2, 0) is 25.5 Å². The molecule has 2 amide bonds. The minimum absolute atomic E-state index is 0.0543. The van der Waals surface area contributed by atoms with E-state index in [4.69, 9.17) is 10.5 Å². The highest BCUT2D eigenvalue weighted by molar-refractivity contribution is 5.87. The summed E-state index contributed by atoms with van der Waals surface area (Å²) in [6.07, 6.45) is 4.83. The van der Waals surface area contributed by atoms with E-state index in [1.54, 1.807) is 0 Å². The van der Waals surface area contributed by atoms with Crippen molar-refractivity contribution in [3.8, 4) is 0 Å². The smallest absolute Gasteiger partial charge is 0.223 e. The van der Waals surface area contributed by atoms with Crippen LogP contribution in [-0.4, -0.2) is 18.4 Å². The van der Waals surface area contributed by atoms with Gasteiger partial charge in [-0.05, 0) is 42.4 Å². The Kier molecular flexibility index (Phi) is 6.92. The Labute approximate surface area is 213 Å². The summed E-state index contributed by atoms with van der Waals surface area (Å²) in [6, 6.07) is 31.2. The second kappa shape index (κ2) is 10.3. The number of benzene rings is 3. The third-order valence-electron chi connectivity index (χ3n) is 7.93. The number of nitrogens with one attached hydrogen (secondary N) is 1. The maximum absolute atomic E-state index is 12.9. The van der Waals surface area contributed by atoms with Gasteiger partial charge in [0.1, 0.15) is 5.60 Å². The molecule has 1 aliphatic heterocycles. The fraction of sp³-hybridized carbons (Fsp3) is 0.355. The molecule has 5 nitrogen and oxygen atoms in total. The van der Waals surface area contributed by atoms with E-state index in [1.807, 2.05) is 30.3 Å². The number of amides is 2. The fourth-order valence-electron chi connectivity index (χ4n) is 6.14. The minimum atomic E-state index is -0.596. The molecule has 5 heteroatoms. The molecular weight excluding hydrogens is 448 g/mol. The van der Waals surface area contributed by atoms with Gasteiger partial charge >= 0.3 is 0 Å². The van der Waals surface area contributed by atoms with Crippen LogP contribution < -0.4 is 11.1 Å². The van der Waals surface area contributed by atoms with Crippen LogP contribution in [0.3, 0.4) is 0 Å². The molecule has 3 N–H and O–H groups in total. The third-order valence-corrected chi connectivity index (χ3v) is 7.93. The first-order chi connectivity index (χ1) is 17.6. The molecule has 3 unspecified atom stereocenters. The van der Waals surface area contributed by atoms with Gasteiger partial charge in [-0.3, -0.25) is 9.59 Å². The van der Waals surface area contributed by atoms with Gasteiger partial charge in [0, 0.05) is 18.4 Å². The molecule has 0 bridgehead atoms. The highest BCUT2D eigenvalue weighted by Crippen LogP contribution is 2.67. The van der Waals surface area contributed by atoms with E-state index in [0.29, 0.717) is 13.0 Å². The monoisotopic (exact) mass is 482 g/mol. The van der Waals surface area contributed by atoms with Crippen molar-refractivity contribution in [3.63, 3.8) is 0 Å². The van der Waals surface area contributed by atoms with Crippen molar-refractivity contribution in [2.75, 3.05) is 6.54 Å². The second-order valence-corrected chi connectivity index (χ2v) is 10.0. The van der Waals surface area contributed by atoms with Gasteiger partial charge in [-0.25, -0.2) is 0 Å². The van der Waals surface area contributed by atoms with Crippen molar-refractivity contribution < 1.29 is 14.3 Å². The topological polar surface area (TPSA) is 84.7 Å². The maximum Gasteiger partial charge on any atom is 0.223 e. The number of hydrogen-bond acceptors (Lipinski definition) is 3. The summed E-state index contributed by atoms with van der Waals surface area (Å²) in [5.74, 6) is -1.09. The highest BCUT2D eigenvalue weighted by atomic mass is 16.6. The highest BCUT2D eigenvalue weighted by Gasteiger charge is 2.71. The summed E-state index contributed by atoms with van der Waals surface area (Å²) in [7, 11) is 0. The van der Waals surface area contributed by atoms with Crippen molar-refractivity contribution in [3.05, 3.63) is 108 Å². The van der Waals surface area contributed by atoms with Crippen molar-refractivity contribution >= 4 is 11.8 Å². The first kappa shape index (κ1) is 24.3. The molecule has 0 spiro atoms. The summed E-state index contributed by atoms with van der Waals surface area (Å²) < 4.78 is 6.85. The third kappa shape index (κ3) is 4.33. The van der Waals surface area contributed by atoms with Crippen LogP contribution in [0.1, 0.15) is 55.2 Å². The molecule has 3 atom stereocenters. The number of carbonyl (C=O) groups is 2. The van der Waals surface area contributed by atoms with Gasteiger partial charge in [0.2, 0.25) is 11.8 Å². The lowest BCUT2D eigenvalue weighted by molar-refractivity contribution is -0.134. The molecule has 1 aliphatic carbocycles. The van der Waals surface area contributed by atoms with Crippen molar-refractivity contribution in [1.82, 2.24) is 5.32 Å². The second-order valence-electron chi connectivity index (χ2n) is 10.0. The molecule has 2 aliphatic rings. The quantitative estimate of drug-likeness (QED) is 0.331. The zero-order valence-electron chi connectivity index (χ0n) is 20.6. The van der Waals surface area contributed by atoms with E-state index < -0.39 is 11.2 Å². The van der Waals surface area contributed by atoms with E-state index >= 15 is 0 Å². The first-order valence-electron chi connectivity index (χ1n) is 13.0. The summed E-state index contributed by atoms with van der Waals surface area (Å²) in [6.45, 7) is 0.526. The molecular formula is C31H34N2O3. The Morgan fingerprint density at radius 3 is 1.81 bits per heavy atom. The Hall–Kier alpha value is -3.44. The van der Waals surface area contributed by atoms with Crippen LogP contribution in [0.25, 0.3) is 0 Å². The van der Waals surface area contributed by atoms with Gasteiger partial charge < -0.3 is 15.8 Å². The van der Waals surface area contributed by atoms with Gasteiger partial charge in [0.25, 0.3) is 0 Å². The molecule has 3 aromatic carbocycles. The average Bonchev–Trinajstić information content (AvgIpc) is 3.63. The standard InChI is InChI=1S/C31H34N2O3/c32-28(34)26-19-10-11-20-27(26)29(35)33-22-12-21-30(23-13-4-1-5-14-23)31(36-30,24-15-6-2-7-16-24)25-17-8-3-9-18-25/h1-9,13-18,26-27H,10-12,19-22H2,(H2,32,34)(H,33,35). The minimum Gasteiger partial charge on any atom is -0.369 e. The van der Waals surface area contributed by atoms with Crippen LogP contribution >= 0.6 is 0 Å². The van der Waals surface area contributed by atoms with E-state index in [2.05, 4.69) is 66.0 Å². The summed E-state index contributed by atoms with van der Waals surface area (Å²) in [5, 5.41) is 3.09. The Morgan fingerprint density at radius 1 is 0.778 bits per heavy atom. The van der Waals surface area contributed by atoms with Crippen LogP contribution in [0.15, 0.2) is 91.0 Å². The van der Waals surface area contributed by atoms with Crippen LogP contribution in [0, 0.1) is 11.8 Å². The SMILES string of the molecule is NC(=O)C1CCCCC1C(=O)NCCCC1(c2ccccc2)OC1(c1ccccc1)c1ccccc1. The Morgan fingerprint density at radius 2 is 1.28 bits per heavy atom. The number of hydrogen-bond donors (Lipinski definition) is 2. The van der Waals surface area contributed by atoms with Gasteiger partial charge in [0.05, 0.1) is 0 Å². The molecule has 1 heterocycles. The average molecular weight is 483 g/mol. The fourth-order valence-corrected chi connectivity index (χ4v) is 6.14. The molecule has 1 saturated heterocycles. The zero-order chi connectivity index (χ0) is 25.0. The van der Waals surface area contributed by atoms with Crippen LogP contribution in [0.4, 0.5) is 0 Å². The van der Waals surface area contributed by atoms with E-state index in [1.165, 1.54) is 0 Å². The van der Waals surface area contributed by atoms with Gasteiger partial charge in [-0.15, -0.1) is 0 Å². The van der Waals surface area contributed by atoms with Crippen molar-refractivity contribution in [2.24, 2.45) is 17.6 Å². The van der Waals surface area contributed by atoms with E-state index in [0.717, 1.165) is 48.8 Å². The summed E-state index contributed by atoms with van der Waals surface area (Å²) in [5.41, 5.74) is 7.82. The number of ether oxygens (including phenoxy) is 1. The molecule has 5 rings (SSSR count). The molecule has 186 valence electrons. The maximum atomic E-state index is 12.9. The largest absolute Gasteiger partial charge is 0.369 e. The lowest BCUT2D eigenvalue weighted by Crippen LogP contribution is -2.42. The molecule has 1 saturated carbocycles. The van der Waals surface area contributed by atoms with Crippen molar-refractivity contribution in [2.45, 2.75) is 49.7 Å². The molecule has 0 aromatic heterocycles. The Balaban J connectivity index is 1.37. The van der Waals surface area contributed by atoms with Crippen LogP contribution in [0.5, 0.6) is 0 Å². The van der Waals surface area contributed by atoms with E-state index in [-0.39, 0.29) is 23.7 Å². The number of primary amides is 1. The molecule has 36 heavy (non-hydrogen) atoms. The van der Waals surface area contributed by atoms with Gasteiger partial charge in [-0.1, -0.05) is 104 Å². The molecule has 2 fully saturated rings. The molecule has 3 aromatic rings. The predicted octanol–water partition coefficient (Wildman–Crippen LogP) is 5.04. The van der Waals surface area contributed by atoms with Gasteiger partial charge in [-0.2, -0.15) is 0 Å². The van der Waals surface area contributed by atoms with E-state index in [9.17, 15) is 9.59 Å². The lowest BCUT2D eigenvalue weighted by Gasteiger charge is -2.28. The lowest BCUT2D eigenvalue weighted by atomic mass is 9.75. The molecule has 0 radical (unpaired) electrons. The van der Waals surface area contributed by atoms with Gasteiger partial charge in [0.15, 0.2) is 5.60 Å². The first-order valence-corrected chi connectivity index (χ1v) is 13.0. The van der Waals surface area contributed by atoms with Crippen molar-refractivity contribution in [1.29, 1.82) is 0 Å². The summed E-state index contributed by atoms with van der Waals surface area (Å²) >= 11 is 0. The van der Waals surface area contributed by atoms with Crippen LogP contribution in [0.2, 0.25) is 0 Å². The predicted molar refractivity (Wildman–Crippen MR) is 140 cm³/mol.